The molecule has 5 nitrogen and oxygen atoms in total. The maximum Gasteiger partial charge on any atom is 0.257 e. The molecule has 2 aromatic carbocycles. The van der Waals surface area contributed by atoms with Gasteiger partial charge in [-0.2, -0.15) is 0 Å². The summed E-state index contributed by atoms with van der Waals surface area (Å²) in [5.74, 6) is 0.831. The van der Waals surface area contributed by atoms with Crippen molar-refractivity contribution in [3.8, 4) is 5.75 Å². The number of hydrogen-bond donors (Lipinski definition) is 0. The van der Waals surface area contributed by atoms with Gasteiger partial charge < -0.3 is 14.5 Å². The highest BCUT2D eigenvalue weighted by Gasteiger charge is 2.35. The Kier molecular flexibility index (Phi) is 9.08. The number of benzene rings is 2. The largest absolute Gasteiger partial charge is 0.487 e. The molecule has 35 heavy (non-hydrogen) atoms. The number of aryl methyl sites for hydroxylation is 1. The van der Waals surface area contributed by atoms with Crippen molar-refractivity contribution < 1.29 is 14.3 Å². The molecule has 1 saturated carbocycles. The quantitative estimate of drug-likeness (QED) is 0.511. The SMILES string of the molecule is CCN1CCCCCN(C(=O)CCc2ccccc2Cl)[C@@H]2CCCC[C@@H]2Oc2ccccc2C1=O. The number of fused-ring (bicyclic) bond motifs is 2. The maximum atomic E-state index is 13.6. The van der Waals surface area contributed by atoms with E-state index in [-0.39, 0.29) is 24.0 Å². The lowest BCUT2D eigenvalue weighted by Crippen LogP contribution is -2.51. The number of ether oxygens (including phenoxy) is 1. The van der Waals surface area contributed by atoms with Crippen LogP contribution >= 0.6 is 11.6 Å². The van der Waals surface area contributed by atoms with E-state index in [0.29, 0.717) is 35.7 Å². The second-order valence-electron chi connectivity index (χ2n) is 9.63. The predicted octanol–water partition coefficient (Wildman–Crippen LogP) is 6.14. The van der Waals surface area contributed by atoms with Gasteiger partial charge in [-0.15, -0.1) is 0 Å². The summed E-state index contributed by atoms with van der Waals surface area (Å²) in [6.45, 7) is 4.15. The van der Waals surface area contributed by atoms with Crippen LogP contribution in [0.4, 0.5) is 0 Å². The van der Waals surface area contributed by atoms with Gasteiger partial charge >= 0.3 is 0 Å². The first-order valence-corrected chi connectivity index (χ1v) is 13.5. The summed E-state index contributed by atoms with van der Waals surface area (Å²) in [6, 6.07) is 15.4. The Labute approximate surface area is 214 Å². The van der Waals surface area contributed by atoms with Gasteiger partial charge in [-0.05, 0) is 75.6 Å². The highest BCUT2D eigenvalue weighted by Crippen LogP contribution is 2.31. The first-order chi connectivity index (χ1) is 17.1. The molecule has 1 aliphatic carbocycles. The second kappa shape index (κ2) is 12.4. The van der Waals surface area contributed by atoms with Gasteiger partial charge in [0.2, 0.25) is 5.91 Å². The molecule has 1 heterocycles. The number of carbonyl (C=O) groups excluding carboxylic acids is 2. The van der Waals surface area contributed by atoms with Crippen LogP contribution in [0.3, 0.4) is 0 Å². The molecule has 188 valence electrons. The van der Waals surface area contributed by atoms with E-state index in [2.05, 4.69) is 4.90 Å². The molecule has 0 radical (unpaired) electrons. The summed E-state index contributed by atoms with van der Waals surface area (Å²) >= 11 is 6.35. The third kappa shape index (κ3) is 6.38. The molecule has 0 saturated heterocycles. The van der Waals surface area contributed by atoms with Crippen molar-refractivity contribution in [3.05, 3.63) is 64.7 Å². The molecule has 6 heteroatoms. The fraction of sp³-hybridized carbons (Fsp3) is 0.517. The van der Waals surface area contributed by atoms with Gasteiger partial charge in [0, 0.05) is 31.1 Å². The van der Waals surface area contributed by atoms with Crippen molar-refractivity contribution in [2.24, 2.45) is 0 Å². The molecule has 1 fully saturated rings. The molecule has 2 atom stereocenters. The Bertz CT molecular complexity index is 1010. The summed E-state index contributed by atoms with van der Waals surface area (Å²) in [7, 11) is 0. The Hall–Kier alpha value is -2.53. The van der Waals surface area contributed by atoms with E-state index < -0.39 is 0 Å². The molecule has 0 N–H and O–H groups in total. The third-order valence-electron chi connectivity index (χ3n) is 7.35. The number of hydrogen-bond acceptors (Lipinski definition) is 3. The lowest BCUT2D eigenvalue weighted by atomic mass is 9.90. The van der Waals surface area contributed by atoms with Gasteiger partial charge in [0.15, 0.2) is 0 Å². The van der Waals surface area contributed by atoms with Crippen LogP contribution in [0.15, 0.2) is 48.5 Å². The normalized spacial score (nSPS) is 21.6. The van der Waals surface area contributed by atoms with E-state index >= 15 is 0 Å². The Morgan fingerprint density at radius 2 is 1.71 bits per heavy atom. The third-order valence-corrected chi connectivity index (χ3v) is 7.71. The average molecular weight is 497 g/mol. The van der Waals surface area contributed by atoms with Crippen LogP contribution in [-0.2, 0) is 11.2 Å². The second-order valence-corrected chi connectivity index (χ2v) is 10.0. The predicted molar refractivity (Wildman–Crippen MR) is 140 cm³/mol. The van der Waals surface area contributed by atoms with E-state index in [0.717, 1.165) is 63.6 Å². The minimum absolute atomic E-state index is 0.0219. The summed E-state index contributed by atoms with van der Waals surface area (Å²) in [4.78, 5) is 30.9. The zero-order valence-corrected chi connectivity index (χ0v) is 21.5. The number of halogens is 1. The zero-order chi connectivity index (χ0) is 24.6. The van der Waals surface area contributed by atoms with E-state index in [1.807, 2.05) is 60.4 Å². The van der Waals surface area contributed by atoms with E-state index in [1.165, 1.54) is 0 Å². The minimum Gasteiger partial charge on any atom is -0.487 e. The molecule has 4 rings (SSSR count). The van der Waals surface area contributed by atoms with Gasteiger partial charge in [0.05, 0.1) is 11.6 Å². The summed E-state index contributed by atoms with van der Waals surface area (Å²) in [5.41, 5.74) is 1.63. The van der Waals surface area contributed by atoms with Crippen LogP contribution in [0.2, 0.25) is 5.02 Å². The van der Waals surface area contributed by atoms with Crippen molar-refractivity contribution in [2.75, 3.05) is 19.6 Å². The van der Waals surface area contributed by atoms with Crippen molar-refractivity contribution in [1.82, 2.24) is 9.80 Å². The molecule has 1 aliphatic heterocycles. The fourth-order valence-electron chi connectivity index (χ4n) is 5.38. The molecule has 2 aromatic rings. The minimum atomic E-state index is -0.113. The molecular formula is C29H37ClN2O3. The standard InChI is InChI=1S/C29H37ClN2O3/c1-2-31-20-10-3-11-21-32(28(33)19-18-22-12-4-6-14-24(22)30)25-15-7-9-17-27(25)35-26-16-8-5-13-23(26)29(31)34/h4-6,8,12-14,16,25,27H,2-3,7,9-11,15,17-21H2,1H3/t25-,27+/m1/s1. The van der Waals surface area contributed by atoms with Gasteiger partial charge in [0.25, 0.3) is 5.91 Å². The number of nitrogens with zero attached hydrogens (tertiary/aromatic N) is 2. The topological polar surface area (TPSA) is 49.9 Å². The Morgan fingerprint density at radius 1 is 0.971 bits per heavy atom. The Morgan fingerprint density at radius 3 is 2.54 bits per heavy atom. The number of amides is 2. The lowest BCUT2D eigenvalue weighted by molar-refractivity contribution is -0.136. The molecule has 0 aromatic heterocycles. The molecule has 0 unspecified atom stereocenters. The summed E-state index contributed by atoms with van der Waals surface area (Å²) < 4.78 is 6.58. The van der Waals surface area contributed by atoms with Crippen molar-refractivity contribution in [2.45, 2.75) is 76.9 Å². The van der Waals surface area contributed by atoms with Crippen molar-refractivity contribution >= 4 is 23.4 Å². The highest BCUT2D eigenvalue weighted by molar-refractivity contribution is 6.31. The molecule has 0 bridgehead atoms. The highest BCUT2D eigenvalue weighted by atomic mass is 35.5. The Balaban J connectivity index is 1.58. The van der Waals surface area contributed by atoms with Crippen LogP contribution in [0.25, 0.3) is 0 Å². The average Bonchev–Trinajstić information content (AvgIpc) is 2.89. The van der Waals surface area contributed by atoms with E-state index in [9.17, 15) is 9.59 Å². The first kappa shape index (κ1) is 25.6. The monoisotopic (exact) mass is 496 g/mol. The van der Waals surface area contributed by atoms with Gasteiger partial charge in [-0.3, -0.25) is 9.59 Å². The molecular weight excluding hydrogens is 460 g/mol. The summed E-state index contributed by atoms with van der Waals surface area (Å²) in [6.07, 6.45) is 7.78. The summed E-state index contributed by atoms with van der Waals surface area (Å²) in [5, 5.41) is 0.714. The molecule has 2 amide bonds. The van der Waals surface area contributed by atoms with Crippen molar-refractivity contribution in [1.29, 1.82) is 0 Å². The van der Waals surface area contributed by atoms with Crippen molar-refractivity contribution in [3.63, 3.8) is 0 Å². The number of para-hydroxylation sites is 1. The van der Waals surface area contributed by atoms with Gasteiger partial charge in [-0.25, -0.2) is 0 Å². The molecule has 2 aliphatic rings. The van der Waals surface area contributed by atoms with Crippen LogP contribution in [0.5, 0.6) is 5.75 Å². The van der Waals surface area contributed by atoms with Crippen LogP contribution in [0, 0.1) is 0 Å². The maximum absolute atomic E-state index is 13.6. The smallest absolute Gasteiger partial charge is 0.257 e. The van der Waals surface area contributed by atoms with Gasteiger partial charge in [-0.1, -0.05) is 48.4 Å². The van der Waals surface area contributed by atoms with Crippen LogP contribution in [0.1, 0.15) is 74.2 Å². The zero-order valence-electron chi connectivity index (χ0n) is 20.8. The number of carbonyl (C=O) groups is 2. The van der Waals surface area contributed by atoms with Crippen LogP contribution < -0.4 is 4.74 Å². The first-order valence-electron chi connectivity index (χ1n) is 13.2. The molecule has 0 spiro atoms. The van der Waals surface area contributed by atoms with Crippen LogP contribution in [-0.4, -0.2) is 53.4 Å². The fourth-order valence-corrected chi connectivity index (χ4v) is 5.61. The lowest BCUT2D eigenvalue weighted by Gasteiger charge is -2.40. The van der Waals surface area contributed by atoms with E-state index in [4.69, 9.17) is 16.3 Å². The van der Waals surface area contributed by atoms with E-state index in [1.54, 1.807) is 0 Å². The van der Waals surface area contributed by atoms with Gasteiger partial charge in [0.1, 0.15) is 11.9 Å². The number of rotatable bonds is 4.